The quantitative estimate of drug-likeness (QED) is 0.699. The molecule has 1 aliphatic rings. The molecule has 1 fully saturated rings. The molecule has 1 amide bonds. The summed E-state index contributed by atoms with van der Waals surface area (Å²) in [6.07, 6.45) is -1.16. The molecule has 1 aliphatic heterocycles. The molecule has 0 aromatic heterocycles. The molecule has 3 atom stereocenters. The van der Waals surface area contributed by atoms with E-state index in [1.807, 2.05) is 20.8 Å². The molecule has 1 unspecified atom stereocenters. The van der Waals surface area contributed by atoms with Crippen molar-refractivity contribution in [2.75, 3.05) is 6.61 Å². The average Bonchev–Trinajstić information content (AvgIpc) is 2.45. The van der Waals surface area contributed by atoms with E-state index in [0.29, 0.717) is 6.61 Å². The Morgan fingerprint density at radius 3 is 2.53 bits per heavy atom. The van der Waals surface area contributed by atoms with Gasteiger partial charge in [0.1, 0.15) is 12.2 Å². The van der Waals surface area contributed by atoms with Crippen molar-refractivity contribution in [3.8, 4) is 0 Å². The van der Waals surface area contributed by atoms with Crippen LogP contribution in [-0.4, -0.2) is 41.7 Å². The Balaban J connectivity index is 2.42. The Labute approximate surface area is 89.8 Å². The number of aliphatic hydroxyl groups excluding tert-OH is 1. The summed E-state index contributed by atoms with van der Waals surface area (Å²) in [5.74, 6) is -0.982. The number of hydrogen-bond acceptors (Lipinski definition) is 4. The van der Waals surface area contributed by atoms with E-state index in [-0.39, 0.29) is 12.1 Å². The molecule has 2 N–H and O–H groups in total. The average molecular weight is 217 g/mol. The number of hydrogen-bond donors (Lipinski definition) is 2. The van der Waals surface area contributed by atoms with Crippen LogP contribution >= 0.6 is 0 Å². The van der Waals surface area contributed by atoms with Crippen LogP contribution in [0.5, 0.6) is 0 Å². The fraction of sp³-hybridized carbons (Fsp3) is 0.900. The van der Waals surface area contributed by atoms with Gasteiger partial charge in [0.15, 0.2) is 5.79 Å². The predicted molar refractivity (Wildman–Crippen MR) is 54.2 cm³/mol. The summed E-state index contributed by atoms with van der Waals surface area (Å²) in [5.41, 5.74) is 0. The fourth-order valence-electron chi connectivity index (χ4n) is 1.40. The first-order chi connectivity index (χ1) is 6.82. The summed E-state index contributed by atoms with van der Waals surface area (Å²) in [4.78, 5) is 11.2. The molecule has 15 heavy (non-hydrogen) atoms. The van der Waals surface area contributed by atoms with Crippen molar-refractivity contribution < 1.29 is 19.4 Å². The van der Waals surface area contributed by atoms with Crippen LogP contribution in [0.15, 0.2) is 0 Å². The second kappa shape index (κ2) is 4.47. The van der Waals surface area contributed by atoms with Crippen molar-refractivity contribution >= 4 is 5.91 Å². The minimum atomic E-state index is -0.997. The van der Waals surface area contributed by atoms with Crippen molar-refractivity contribution in [2.45, 2.75) is 51.7 Å². The lowest BCUT2D eigenvalue weighted by molar-refractivity contribution is -0.144. The normalized spacial score (nSPS) is 28.5. The Hall–Kier alpha value is -0.650. The zero-order chi connectivity index (χ0) is 11.6. The van der Waals surface area contributed by atoms with Gasteiger partial charge in [-0.05, 0) is 27.7 Å². The van der Waals surface area contributed by atoms with Gasteiger partial charge in [-0.1, -0.05) is 0 Å². The number of ether oxygens (including phenoxy) is 2. The summed E-state index contributed by atoms with van der Waals surface area (Å²) in [6, 6.07) is -0.172. The van der Waals surface area contributed by atoms with Crippen LogP contribution in [0.1, 0.15) is 27.7 Å². The molecule has 5 heteroatoms. The van der Waals surface area contributed by atoms with Crippen LogP contribution < -0.4 is 5.32 Å². The minimum Gasteiger partial charge on any atom is -0.384 e. The molecule has 0 aromatic rings. The lowest BCUT2D eigenvalue weighted by atomic mass is 10.2. The molecule has 0 spiro atoms. The molecular formula is C10H19NO4. The van der Waals surface area contributed by atoms with Crippen molar-refractivity contribution in [1.29, 1.82) is 0 Å². The molecule has 88 valence electrons. The number of amides is 1. The van der Waals surface area contributed by atoms with Crippen LogP contribution in [0.2, 0.25) is 0 Å². The topological polar surface area (TPSA) is 67.8 Å². The molecule has 1 rings (SSSR count). The maximum Gasteiger partial charge on any atom is 0.248 e. The number of nitrogens with one attached hydrogen (secondary N) is 1. The second-order valence-corrected chi connectivity index (χ2v) is 4.34. The fourth-order valence-corrected chi connectivity index (χ4v) is 1.40. The first kappa shape index (κ1) is 12.4. The van der Waals surface area contributed by atoms with Crippen LogP contribution in [0.3, 0.4) is 0 Å². The molecule has 5 nitrogen and oxygen atoms in total. The summed E-state index contributed by atoms with van der Waals surface area (Å²) in [5, 5.41) is 11.7. The lowest BCUT2D eigenvalue weighted by Crippen LogP contribution is -2.46. The van der Waals surface area contributed by atoms with Gasteiger partial charge < -0.3 is 19.9 Å². The van der Waals surface area contributed by atoms with E-state index in [1.54, 1.807) is 0 Å². The van der Waals surface area contributed by atoms with Gasteiger partial charge in [-0.15, -0.1) is 0 Å². The summed E-state index contributed by atoms with van der Waals surface area (Å²) >= 11 is 0. The van der Waals surface area contributed by atoms with Gasteiger partial charge in [-0.2, -0.15) is 0 Å². The summed E-state index contributed by atoms with van der Waals surface area (Å²) in [6.45, 7) is 7.37. The third-order valence-electron chi connectivity index (χ3n) is 2.34. The van der Waals surface area contributed by atoms with E-state index in [2.05, 4.69) is 5.32 Å². The van der Waals surface area contributed by atoms with E-state index < -0.39 is 17.8 Å². The van der Waals surface area contributed by atoms with E-state index in [1.165, 1.54) is 6.92 Å². The van der Waals surface area contributed by atoms with Crippen LogP contribution in [0.25, 0.3) is 0 Å². The third-order valence-corrected chi connectivity index (χ3v) is 2.34. The molecule has 0 bridgehead atoms. The van der Waals surface area contributed by atoms with E-state index in [0.717, 1.165) is 0 Å². The smallest absolute Gasteiger partial charge is 0.248 e. The highest BCUT2D eigenvalue weighted by Crippen LogP contribution is 2.23. The standard InChI is InChI=1S/C10H19NO4/c1-6(11-9(13)7(2)12)8-5-14-10(3,4)15-8/h6-8,12H,5H2,1-4H3,(H,11,13)/t6-,7?,8+/m0/s1. The van der Waals surface area contributed by atoms with Crippen molar-refractivity contribution in [3.05, 3.63) is 0 Å². The molecule has 0 aliphatic carbocycles. The predicted octanol–water partition coefficient (Wildman–Crippen LogP) is 0.0234. The molecule has 1 heterocycles. The van der Waals surface area contributed by atoms with Gasteiger partial charge in [-0.25, -0.2) is 0 Å². The van der Waals surface area contributed by atoms with E-state index in [9.17, 15) is 4.79 Å². The zero-order valence-corrected chi connectivity index (χ0v) is 9.61. The van der Waals surface area contributed by atoms with Gasteiger partial charge in [0.05, 0.1) is 12.6 Å². The number of aliphatic hydroxyl groups is 1. The number of rotatable bonds is 3. The van der Waals surface area contributed by atoms with Crippen LogP contribution in [0, 0.1) is 0 Å². The summed E-state index contributed by atoms with van der Waals surface area (Å²) in [7, 11) is 0. The number of carbonyl (C=O) groups is 1. The molecular weight excluding hydrogens is 198 g/mol. The van der Waals surface area contributed by atoms with E-state index >= 15 is 0 Å². The first-order valence-corrected chi connectivity index (χ1v) is 5.12. The van der Waals surface area contributed by atoms with Crippen molar-refractivity contribution in [1.82, 2.24) is 5.32 Å². The minimum absolute atomic E-state index is 0.164. The largest absolute Gasteiger partial charge is 0.384 e. The zero-order valence-electron chi connectivity index (χ0n) is 9.61. The maximum atomic E-state index is 11.2. The van der Waals surface area contributed by atoms with Crippen LogP contribution in [-0.2, 0) is 14.3 Å². The van der Waals surface area contributed by atoms with Gasteiger partial charge >= 0.3 is 0 Å². The van der Waals surface area contributed by atoms with Crippen LogP contribution in [0.4, 0.5) is 0 Å². The summed E-state index contributed by atoms with van der Waals surface area (Å²) < 4.78 is 11.0. The van der Waals surface area contributed by atoms with Gasteiger partial charge in [0.2, 0.25) is 5.91 Å². The highest BCUT2D eigenvalue weighted by atomic mass is 16.7. The maximum absolute atomic E-state index is 11.2. The number of carbonyl (C=O) groups excluding carboxylic acids is 1. The Morgan fingerprint density at radius 2 is 2.13 bits per heavy atom. The first-order valence-electron chi connectivity index (χ1n) is 5.12. The molecule has 0 aromatic carbocycles. The molecule has 0 saturated carbocycles. The second-order valence-electron chi connectivity index (χ2n) is 4.34. The highest BCUT2D eigenvalue weighted by Gasteiger charge is 2.36. The Kier molecular flexibility index (Phi) is 3.70. The van der Waals surface area contributed by atoms with Gasteiger partial charge in [-0.3, -0.25) is 4.79 Å². The Morgan fingerprint density at radius 1 is 1.53 bits per heavy atom. The third kappa shape index (κ3) is 3.44. The van der Waals surface area contributed by atoms with Crippen molar-refractivity contribution in [2.24, 2.45) is 0 Å². The highest BCUT2D eigenvalue weighted by molar-refractivity contribution is 5.80. The molecule has 1 saturated heterocycles. The lowest BCUT2D eigenvalue weighted by Gasteiger charge is -2.22. The monoisotopic (exact) mass is 217 g/mol. The van der Waals surface area contributed by atoms with Crippen molar-refractivity contribution in [3.63, 3.8) is 0 Å². The van der Waals surface area contributed by atoms with E-state index in [4.69, 9.17) is 14.6 Å². The SMILES string of the molecule is CC(O)C(=O)N[C@@H](C)[C@H]1COC(C)(C)O1. The molecule has 0 radical (unpaired) electrons. The Bertz CT molecular complexity index is 240. The van der Waals surface area contributed by atoms with Gasteiger partial charge in [0, 0.05) is 0 Å². The van der Waals surface area contributed by atoms with Gasteiger partial charge in [0.25, 0.3) is 0 Å².